The number of hydrogen-bond donors (Lipinski definition) is 1. The molecule has 1 amide bonds. The Labute approximate surface area is 235 Å². The molecule has 0 radical (unpaired) electrons. The van der Waals surface area contributed by atoms with E-state index in [0.717, 1.165) is 41.4 Å². The summed E-state index contributed by atoms with van der Waals surface area (Å²) in [6.45, 7) is 9.60. The van der Waals surface area contributed by atoms with Crippen LogP contribution in [0.15, 0.2) is 47.5 Å². The smallest absolute Gasteiger partial charge is 0.274 e. The molecule has 1 saturated carbocycles. The molecule has 5 rings (SSSR count). The molecule has 3 heterocycles. The van der Waals surface area contributed by atoms with E-state index < -0.39 is 11.2 Å². The normalized spacial score (nSPS) is 15.6. The summed E-state index contributed by atoms with van der Waals surface area (Å²) in [6.07, 6.45) is 4.92. The summed E-state index contributed by atoms with van der Waals surface area (Å²) in [6, 6.07) is 8.41. The van der Waals surface area contributed by atoms with Gasteiger partial charge in [0.1, 0.15) is 5.02 Å². The molecule has 0 aliphatic heterocycles. The molecule has 2 atom stereocenters. The highest BCUT2D eigenvalue weighted by atomic mass is 35.5. The second-order valence-electron chi connectivity index (χ2n) is 10.6. The number of aryl methyl sites for hydroxylation is 2. The minimum atomic E-state index is -0.575. The van der Waals surface area contributed by atoms with E-state index >= 15 is 4.39 Å². The zero-order valence-electron chi connectivity index (χ0n) is 22.4. The van der Waals surface area contributed by atoms with Crippen LogP contribution < -0.4 is 10.9 Å². The largest absolute Gasteiger partial charge is 0.323 e. The Morgan fingerprint density at radius 2 is 1.92 bits per heavy atom. The first kappa shape index (κ1) is 27.1. The fourth-order valence-corrected chi connectivity index (χ4v) is 5.50. The van der Waals surface area contributed by atoms with Crippen molar-refractivity contribution in [1.82, 2.24) is 18.3 Å². The van der Waals surface area contributed by atoms with Gasteiger partial charge in [-0.15, -0.1) is 0 Å². The van der Waals surface area contributed by atoms with Crippen LogP contribution in [-0.4, -0.2) is 24.2 Å². The second kappa shape index (κ2) is 10.3. The van der Waals surface area contributed by atoms with Gasteiger partial charge >= 0.3 is 0 Å². The van der Waals surface area contributed by atoms with Gasteiger partial charge in [-0.3, -0.25) is 19.1 Å². The number of hydrogen-bond acceptors (Lipinski definition) is 6. The molecule has 1 fully saturated rings. The SMILES string of the molecule is Cc1cnc(-c2cccc(NC(=O)C3(C)CC3)c2F)cc1-n1c(C)cc(C(C)[C@H](C)c2cnsn2)c(Cl)c1=O. The Hall–Kier alpha value is -3.43. The third-order valence-corrected chi connectivity index (χ3v) is 8.71. The number of amides is 1. The van der Waals surface area contributed by atoms with Crippen LogP contribution in [0.4, 0.5) is 10.1 Å². The lowest BCUT2D eigenvalue weighted by Gasteiger charge is -2.22. The van der Waals surface area contributed by atoms with Crippen molar-refractivity contribution in [3.8, 4) is 16.9 Å². The summed E-state index contributed by atoms with van der Waals surface area (Å²) in [5, 5.41) is 2.85. The van der Waals surface area contributed by atoms with E-state index in [1.807, 2.05) is 40.7 Å². The number of carbonyl (C=O) groups excluding carboxylic acids is 1. The van der Waals surface area contributed by atoms with Crippen molar-refractivity contribution in [3.63, 3.8) is 0 Å². The summed E-state index contributed by atoms with van der Waals surface area (Å²) in [5.74, 6) is -0.818. The molecule has 1 aliphatic carbocycles. The van der Waals surface area contributed by atoms with E-state index in [2.05, 4.69) is 19.0 Å². The monoisotopic (exact) mass is 565 g/mol. The fraction of sp³-hybridized carbons (Fsp3) is 0.345. The Morgan fingerprint density at radius 3 is 2.59 bits per heavy atom. The first-order valence-electron chi connectivity index (χ1n) is 12.8. The molecular weight excluding hydrogens is 537 g/mol. The molecule has 39 heavy (non-hydrogen) atoms. The van der Waals surface area contributed by atoms with Crippen LogP contribution >= 0.6 is 23.3 Å². The summed E-state index contributed by atoms with van der Waals surface area (Å²) < 4.78 is 25.5. The summed E-state index contributed by atoms with van der Waals surface area (Å²) in [4.78, 5) is 30.6. The van der Waals surface area contributed by atoms with Gasteiger partial charge in [-0.2, -0.15) is 8.75 Å². The average molecular weight is 566 g/mol. The number of pyridine rings is 2. The quantitative estimate of drug-likeness (QED) is 0.266. The van der Waals surface area contributed by atoms with Crippen LogP contribution in [0.2, 0.25) is 5.02 Å². The number of aromatic nitrogens is 4. The highest BCUT2D eigenvalue weighted by Gasteiger charge is 2.45. The molecule has 1 N–H and O–H groups in total. The Morgan fingerprint density at radius 1 is 1.18 bits per heavy atom. The molecule has 4 aromatic rings. The molecule has 0 bridgehead atoms. The van der Waals surface area contributed by atoms with Crippen molar-refractivity contribution in [2.24, 2.45) is 5.41 Å². The van der Waals surface area contributed by atoms with Crippen molar-refractivity contribution < 1.29 is 9.18 Å². The highest BCUT2D eigenvalue weighted by Crippen LogP contribution is 2.46. The zero-order valence-corrected chi connectivity index (χ0v) is 24.0. The van der Waals surface area contributed by atoms with Crippen molar-refractivity contribution in [3.05, 3.63) is 86.4 Å². The number of nitrogens with zero attached hydrogens (tertiary/aromatic N) is 4. The van der Waals surface area contributed by atoms with Crippen LogP contribution in [-0.2, 0) is 4.79 Å². The van der Waals surface area contributed by atoms with Crippen molar-refractivity contribution in [1.29, 1.82) is 0 Å². The molecule has 0 spiro atoms. The average Bonchev–Trinajstić information content (AvgIpc) is 3.43. The third-order valence-electron chi connectivity index (χ3n) is 7.83. The maximum Gasteiger partial charge on any atom is 0.274 e. The lowest BCUT2D eigenvalue weighted by atomic mass is 9.87. The number of benzene rings is 1. The molecule has 7 nitrogen and oxygen atoms in total. The minimum Gasteiger partial charge on any atom is -0.323 e. The fourth-order valence-electron chi connectivity index (χ4n) is 4.68. The molecule has 0 saturated heterocycles. The van der Waals surface area contributed by atoms with Crippen molar-refractivity contribution in [2.75, 3.05) is 5.32 Å². The van der Waals surface area contributed by atoms with Crippen LogP contribution in [0.5, 0.6) is 0 Å². The maximum atomic E-state index is 15.6. The maximum absolute atomic E-state index is 15.6. The lowest BCUT2D eigenvalue weighted by molar-refractivity contribution is -0.120. The van der Waals surface area contributed by atoms with Crippen molar-refractivity contribution >= 4 is 34.9 Å². The predicted octanol–water partition coefficient (Wildman–Crippen LogP) is 6.81. The Kier molecular flexibility index (Phi) is 7.15. The second-order valence-corrected chi connectivity index (χ2v) is 11.6. The van der Waals surface area contributed by atoms with Gasteiger partial charge in [0.15, 0.2) is 5.82 Å². The number of halogens is 2. The summed E-state index contributed by atoms with van der Waals surface area (Å²) in [7, 11) is 0. The standard InChI is InChI=1S/C29H29ClFN5O2S/c1-15-13-32-22(19-7-6-8-21(26(19)31)34-28(38)29(5)9-10-29)12-24(15)36-16(2)11-20(25(30)27(36)37)17(3)18(4)23-14-33-39-35-23/h6-8,11-14,17-18H,9-10H2,1-5H3,(H,34,38)/t17?,18-/m0/s1. The molecular formula is C29H29ClFN5O2S. The predicted molar refractivity (Wildman–Crippen MR) is 152 cm³/mol. The van der Waals surface area contributed by atoms with E-state index in [4.69, 9.17) is 11.6 Å². The molecule has 1 aromatic carbocycles. The van der Waals surface area contributed by atoms with Gasteiger partial charge in [0, 0.05) is 28.8 Å². The van der Waals surface area contributed by atoms with E-state index in [1.165, 1.54) is 10.6 Å². The number of anilines is 1. The zero-order chi connectivity index (χ0) is 28.1. The Bertz CT molecular complexity index is 1630. The van der Waals surface area contributed by atoms with E-state index in [9.17, 15) is 9.59 Å². The minimum absolute atomic E-state index is 0.0170. The van der Waals surface area contributed by atoms with Gasteiger partial charge in [0.25, 0.3) is 5.56 Å². The van der Waals surface area contributed by atoms with Crippen LogP contribution in [0.1, 0.15) is 68.0 Å². The first-order chi connectivity index (χ1) is 18.5. The van der Waals surface area contributed by atoms with Gasteiger partial charge in [-0.25, -0.2) is 4.39 Å². The number of rotatable bonds is 7. The van der Waals surface area contributed by atoms with Crippen LogP contribution in [0.25, 0.3) is 16.9 Å². The van der Waals surface area contributed by atoms with E-state index in [-0.39, 0.29) is 39.6 Å². The first-order valence-corrected chi connectivity index (χ1v) is 13.9. The number of nitrogens with one attached hydrogen (secondary N) is 1. The molecule has 10 heteroatoms. The van der Waals surface area contributed by atoms with Crippen LogP contribution in [0, 0.1) is 25.1 Å². The van der Waals surface area contributed by atoms with Gasteiger partial charge in [-0.05, 0) is 68.0 Å². The van der Waals surface area contributed by atoms with Gasteiger partial charge < -0.3 is 5.32 Å². The van der Waals surface area contributed by atoms with Crippen LogP contribution in [0.3, 0.4) is 0 Å². The molecule has 1 unspecified atom stereocenters. The van der Waals surface area contributed by atoms with Gasteiger partial charge in [0.05, 0.1) is 40.7 Å². The number of carbonyl (C=O) groups is 1. The van der Waals surface area contributed by atoms with Crippen molar-refractivity contribution in [2.45, 2.75) is 59.3 Å². The summed E-state index contributed by atoms with van der Waals surface area (Å²) in [5.41, 5.74) is 3.44. The molecule has 3 aromatic heterocycles. The summed E-state index contributed by atoms with van der Waals surface area (Å²) >= 11 is 7.83. The molecule has 202 valence electrons. The Balaban J connectivity index is 1.53. The highest BCUT2D eigenvalue weighted by molar-refractivity contribution is 6.99. The van der Waals surface area contributed by atoms with Gasteiger partial charge in [-0.1, -0.05) is 38.4 Å². The third kappa shape index (κ3) is 5.01. The van der Waals surface area contributed by atoms with Gasteiger partial charge in [0.2, 0.25) is 5.91 Å². The lowest BCUT2D eigenvalue weighted by Crippen LogP contribution is -2.24. The molecule has 1 aliphatic rings. The van der Waals surface area contributed by atoms with E-state index in [0.29, 0.717) is 17.1 Å². The topological polar surface area (TPSA) is 89.8 Å². The van der Waals surface area contributed by atoms with E-state index in [1.54, 1.807) is 30.6 Å².